The van der Waals surface area contributed by atoms with Gasteiger partial charge in [-0.25, -0.2) is 0 Å². The summed E-state index contributed by atoms with van der Waals surface area (Å²) < 4.78 is 1.23. The van der Waals surface area contributed by atoms with E-state index in [1.807, 2.05) is 0 Å². The van der Waals surface area contributed by atoms with Crippen molar-refractivity contribution in [1.82, 2.24) is 0 Å². The highest BCUT2D eigenvalue weighted by atomic mass is 127. The molecule has 0 unspecified atom stereocenters. The molecule has 0 radical (unpaired) electrons. The zero-order valence-electron chi connectivity index (χ0n) is 10.6. The second-order valence-corrected chi connectivity index (χ2v) is 4.92. The van der Waals surface area contributed by atoms with E-state index in [0.717, 1.165) is 12.3 Å². The fourth-order valence-corrected chi connectivity index (χ4v) is 1.98. The number of quaternary nitrogens is 1. The molecule has 0 bridgehead atoms. The van der Waals surface area contributed by atoms with Crippen molar-refractivity contribution in [1.29, 1.82) is 0 Å². The molecule has 0 aromatic carbocycles. The number of alkyl halides is 1. The van der Waals surface area contributed by atoms with Gasteiger partial charge in [0.1, 0.15) is 0 Å². The van der Waals surface area contributed by atoms with Crippen molar-refractivity contribution in [2.75, 3.05) is 32.6 Å². The van der Waals surface area contributed by atoms with E-state index in [4.69, 9.17) is 11.6 Å². The summed E-state index contributed by atoms with van der Waals surface area (Å²) in [5.74, 6) is 0.812. The predicted octanol–water partition coefficient (Wildman–Crippen LogP) is 0.666. The highest BCUT2D eigenvalue weighted by Crippen LogP contribution is 2.10. The van der Waals surface area contributed by atoms with Crippen LogP contribution in [0.4, 0.5) is 0 Å². The molecule has 0 spiro atoms. The van der Waals surface area contributed by atoms with Crippen LogP contribution in [-0.2, 0) is 0 Å². The molecule has 0 aliphatic heterocycles. The summed E-state index contributed by atoms with van der Waals surface area (Å²) >= 11 is 5.77. The molecule has 1 nitrogen and oxygen atoms in total. The van der Waals surface area contributed by atoms with E-state index >= 15 is 0 Å². The van der Waals surface area contributed by atoms with E-state index in [9.17, 15) is 0 Å². The molecule has 94 valence electrons. The third-order valence-electron chi connectivity index (χ3n) is 2.93. The molecule has 0 fully saturated rings. The lowest BCUT2D eigenvalue weighted by atomic mass is 10.2. The summed E-state index contributed by atoms with van der Waals surface area (Å²) in [6.07, 6.45) is 6.47. The summed E-state index contributed by atoms with van der Waals surface area (Å²) in [5, 5.41) is 0. The van der Waals surface area contributed by atoms with Gasteiger partial charge in [-0.3, -0.25) is 0 Å². The van der Waals surface area contributed by atoms with Gasteiger partial charge in [-0.1, -0.05) is 26.7 Å². The van der Waals surface area contributed by atoms with Crippen LogP contribution < -0.4 is 24.0 Å². The van der Waals surface area contributed by atoms with Crippen molar-refractivity contribution in [3.8, 4) is 0 Å². The van der Waals surface area contributed by atoms with E-state index in [-0.39, 0.29) is 24.0 Å². The number of halogens is 2. The second kappa shape index (κ2) is 11.5. The Bertz CT molecular complexity index is 109. The van der Waals surface area contributed by atoms with Gasteiger partial charge in [0.05, 0.1) is 26.7 Å². The van der Waals surface area contributed by atoms with Crippen LogP contribution in [0.2, 0.25) is 0 Å². The summed E-state index contributed by atoms with van der Waals surface area (Å²) in [6.45, 7) is 8.45. The van der Waals surface area contributed by atoms with E-state index in [2.05, 4.69) is 20.9 Å². The minimum atomic E-state index is 0. The normalized spacial score (nSPS) is 11.2. The molecule has 0 aliphatic rings. The fraction of sp³-hybridized carbons (Fsp3) is 1.00. The van der Waals surface area contributed by atoms with E-state index in [1.54, 1.807) is 0 Å². The standard InChI is InChI=1S/C12H27ClN.HI/c1-4-6-10-14(3,11-7-5-2)12-8-9-13;/h4-12H2,1-3H3;1H/q+1;/p-1. The van der Waals surface area contributed by atoms with E-state index < -0.39 is 0 Å². The number of rotatable bonds is 9. The first-order valence-electron chi connectivity index (χ1n) is 6.08. The molecular formula is C12H27ClIN. The first-order chi connectivity index (χ1) is 6.68. The molecule has 0 saturated carbocycles. The van der Waals surface area contributed by atoms with Crippen molar-refractivity contribution in [3.05, 3.63) is 0 Å². The molecule has 0 heterocycles. The third-order valence-corrected chi connectivity index (χ3v) is 3.20. The first kappa shape index (κ1) is 18.3. The Morgan fingerprint density at radius 1 is 0.867 bits per heavy atom. The van der Waals surface area contributed by atoms with Gasteiger partial charge in [0, 0.05) is 12.3 Å². The Morgan fingerprint density at radius 3 is 1.60 bits per heavy atom. The third kappa shape index (κ3) is 9.88. The maximum absolute atomic E-state index is 5.77. The van der Waals surface area contributed by atoms with E-state index in [1.165, 1.54) is 49.8 Å². The van der Waals surface area contributed by atoms with Gasteiger partial charge in [0.25, 0.3) is 0 Å². The molecule has 3 heteroatoms. The van der Waals surface area contributed by atoms with Crippen molar-refractivity contribution in [3.63, 3.8) is 0 Å². The van der Waals surface area contributed by atoms with Crippen LogP contribution in [0.5, 0.6) is 0 Å². The van der Waals surface area contributed by atoms with Crippen LogP contribution in [0.15, 0.2) is 0 Å². The van der Waals surface area contributed by atoms with Crippen LogP contribution in [0.1, 0.15) is 46.0 Å². The quantitative estimate of drug-likeness (QED) is 0.327. The summed E-state index contributed by atoms with van der Waals surface area (Å²) in [5.41, 5.74) is 0. The Kier molecular flexibility index (Phi) is 14.0. The molecule has 15 heavy (non-hydrogen) atoms. The van der Waals surface area contributed by atoms with Crippen LogP contribution in [-0.4, -0.2) is 37.0 Å². The highest BCUT2D eigenvalue weighted by Gasteiger charge is 2.18. The largest absolute Gasteiger partial charge is 1.00 e. The summed E-state index contributed by atoms with van der Waals surface area (Å²) in [6, 6.07) is 0. The van der Waals surface area contributed by atoms with Crippen molar-refractivity contribution < 1.29 is 28.5 Å². The summed E-state index contributed by atoms with van der Waals surface area (Å²) in [4.78, 5) is 0. The van der Waals surface area contributed by atoms with Crippen molar-refractivity contribution >= 4 is 11.6 Å². The lowest BCUT2D eigenvalue weighted by Crippen LogP contribution is -3.00. The van der Waals surface area contributed by atoms with Gasteiger partial charge < -0.3 is 28.5 Å². The molecule has 0 aromatic rings. The van der Waals surface area contributed by atoms with Gasteiger partial charge in [0.15, 0.2) is 0 Å². The van der Waals surface area contributed by atoms with Crippen molar-refractivity contribution in [2.45, 2.75) is 46.0 Å². The molecule has 0 aromatic heterocycles. The number of unbranched alkanes of at least 4 members (excludes halogenated alkanes) is 2. The number of hydrogen-bond acceptors (Lipinski definition) is 0. The molecule has 0 saturated heterocycles. The number of nitrogens with zero attached hydrogens (tertiary/aromatic N) is 1. The Morgan fingerprint density at radius 2 is 1.27 bits per heavy atom. The fourth-order valence-electron chi connectivity index (χ4n) is 1.86. The van der Waals surface area contributed by atoms with Gasteiger partial charge in [-0.15, -0.1) is 11.6 Å². The minimum absolute atomic E-state index is 0. The van der Waals surface area contributed by atoms with Gasteiger partial charge >= 0.3 is 0 Å². The molecule has 0 amide bonds. The van der Waals surface area contributed by atoms with Gasteiger partial charge in [-0.2, -0.15) is 0 Å². The minimum Gasteiger partial charge on any atom is -1.00 e. The highest BCUT2D eigenvalue weighted by molar-refractivity contribution is 6.17. The maximum Gasteiger partial charge on any atom is 0.0796 e. The molecule has 0 rings (SSSR count). The molecule has 0 aliphatic carbocycles. The van der Waals surface area contributed by atoms with Gasteiger partial charge in [-0.05, 0) is 12.8 Å². The van der Waals surface area contributed by atoms with Crippen LogP contribution in [0.3, 0.4) is 0 Å². The lowest BCUT2D eigenvalue weighted by molar-refractivity contribution is -0.910. The Labute approximate surface area is 118 Å². The zero-order valence-corrected chi connectivity index (χ0v) is 13.5. The van der Waals surface area contributed by atoms with Crippen LogP contribution in [0, 0.1) is 0 Å². The van der Waals surface area contributed by atoms with Crippen LogP contribution in [0.25, 0.3) is 0 Å². The SMILES string of the molecule is CCCC[N+](C)(CCCC)CCCCl.[I-]. The van der Waals surface area contributed by atoms with Crippen molar-refractivity contribution in [2.24, 2.45) is 0 Å². The van der Waals surface area contributed by atoms with Crippen LogP contribution >= 0.6 is 11.6 Å². The molecule has 0 N–H and O–H groups in total. The first-order valence-corrected chi connectivity index (χ1v) is 6.61. The van der Waals surface area contributed by atoms with E-state index in [0.29, 0.717) is 0 Å². The smallest absolute Gasteiger partial charge is 0.0796 e. The molecular weight excluding hydrogens is 320 g/mol. The predicted molar refractivity (Wildman–Crippen MR) is 65.9 cm³/mol. The zero-order chi connectivity index (χ0) is 10.9. The second-order valence-electron chi connectivity index (χ2n) is 4.54. The van der Waals surface area contributed by atoms with Gasteiger partial charge in [0.2, 0.25) is 0 Å². The Balaban J connectivity index is 0. The monoisotopic (exact) mass is 347 g/mol. The molecule has 0 atom stereocenters. The average Bonchev–Trinajstić information content (AvgIpc) is 2.21. The topological polar surface area (TPSA) is 0 Å². The number of hydrogen-bond donors (Lipinski definition) is 0. The maximum atomic E-state index is 5.77. The lowest BCUT2D eigenvalue weighted by Gasteiger charge is -2.34. The summed E-state index contributed by atoms with van der Waals surface area (Å²) in [7, 11) is 2.39. The average molecular weight is 348 g/mol. The Hall–Kier alpha value is 0.980.